The summed E-state index contributed by atoms with van der Waals surface area (Å²) in [4.78, 5) is 15.0. The molecule has 0 aliphatic heterocycles. The van der Waals surface area contributed by atoms with Crippen LogP contribution in [0.1, 0.15) is 37.7 Å². The summed E-state index contributed by atoms with van der Waals surface area (Å²) in [5.74, 6) is 0.328. The van der Waals surface area contributed by atoms with Gasteiger partial charge in [-0.15, -0.1) is 0 Å². The first-order valence-corrected chi connectivity index (χ1v) is 10.8. The number of aliphatic imine (C=N–C) groups is 1. The van der Waals surface area contributed by atoms with Gasteiger partial charge in [0.15, 0.2) is 9.84 Å². The summed E-state index contributed by atoms with van der Waals surface area (Å²) in [5.41, 5.74) is 0.159. The number of hydrogen-bond donors (Lipinski definition) is 0. The van der Waals surface area contributed by atoms with Crippen LogP contribution in [0.25, 0.3) is 0 Å². The fourth-order valence-corrected chi connectivity index (χ4v) is 5.34. The zero-order chi connectivity index (χ0) is 19.2. The third kappa shape index (κ3) is 5.06. The Hall–Kier alpha value is -2.43. The Kier molecular flexibility index (Phi) is 6.09. The Bertz CT molecular complexity index is 912. The molecule has 0 aromatic heterocycles. The highest BCUT2D eigenvalue weighted by Crippen LogP contribution is 2.34. The molecule has 2 aromatic rings. The van der Waals surface area contributed by atoms with Gasteiger partial charge < -0.3 is 4.74 Å². The minimum atomic E-state index is -3.60. The van der Waals surface area contributed by atoms with E-state index in [1.54, 1.807) is 30.3 Å². The molecule has 1 saturated carbocycles. The first kappa shape index (κ1) is 19.3. The summed E-state index contributed by atoms with van der Waals surface area (Å²) in [6.07, 6.45) is 5.59. The van der Waals surface area contributed by atoms with Crippen LogP contribution in [0.5, 0.6) is 5.75 Å². The van der Waals surface area contributed by atoms with Crippen LogP contribution in [-0.4, -0.2) is 25.8 Å². The lowest BCUT2D eigenvalue weighted by molar-refractivity contribution is 0.305. The van der Waals surface area contributed by atoms with Gasteiger partial charge in [-0.2, -0.15) is 4.99 Å². The number of carbonyl (C=O) groups excluding carboxylic acids is 1. The molecule has 0 spiro atoms. The lowest BCUT2D eigenvalue weighted by Gasteiger charge is -2.31. The average molecular weight is 385 g/mol. The van der Waals surface area contributed by atoms with E-state index in [1.165, 1.54) is 0 Å². The van der Waals surface area contributed by atoms with Crippen LogP contribution >= 0.6 is 0 Å². The van der Waals surface area contributed by atoms with Crippen LogP contribution in [0.3, 0.4) is 0 Å². The van der Waals surface area contributed by atoms with Crippen molar-refractivity contribution in [1.29, 1.82) is 0 Å². The Labute approximate surface area is 160 Å². The standard InChI is InChI=1S/C21H23NO4S/c23-17-22-21(12-5-2-6-13-21)16-27(24,25)20-11-7-10-19(14-20)26-15-18-8-3-1-4-9-18/h1,3-4,7-11,14H,2,5-6,12-13,15-16H2. The SMILES string of the molecule is O=C=NC1(CS(=O)(=O)c2cccc(OCc3ccccc3)c2)CCCCC1. The van der Waals surface area contributed by atoms with Crippen LogP contribution in [0.15, 0.2) is 64.5 Å². The molecular weight excluding hydrogens is 362 g/mol. The van der Waals surface area contributed by atoms with E-state index in [2.05, 4.69) is 4.99 Å². The van der Waals surface area contributed by atoms with Crippen LogP contribution in [-0.2, 0) is 21.2 Å². The van der Waals surface area contributed by atoms with E-state index in [-0.39, 0.29) is 10.6 Å². The molecule has 6 heteroatoms. The molecule has 5 nitrogen and oxygen atoms in total. The highest BCUT2D eigenvalue weighted by Gasteiger charge is 2.37. The van der Waals surface area contributed by atoms with Gasteiger partial charge in [0, 0.05) is 0 Å². The van der Waals surface area contributed by atoms with Crippen molar-refractivity contribution in [2.45, 2.75) is 49.1 Å². The quantitative estimate of drug-likeness (QED) is 0.532. The van der Waals surface area contributed by atoms with Gasteiger partial charge in [0.1, 0.15) is 12.4 Å². The molecule has 2 aromatic carbocycles. The summed E-state index contributed by atoms with van der Waals surface area (Å²) in [5, 5.41) is 0. The van der Waals surface area contributed by atoms with Gasteiger partial charge in [0.2, 0.25) is 6.08 Å². The molecule has 0 amide bonds. The molecule has 1 fully saturated rings. The molecule has 0 heterocycles. The van der Waals surface area contributed by atoms with E-state index in [4.69, 9.17) is 4.74 Å². The van der Waals surface area contributed by atoms with Crippen molar-refractivity contribution in [1.82, 2.24) is 0 Å². The lowest BCUT2D eigenvalue weighted by Crippen LogP contribution is -2.37. The van der Waals surface area contributed by atoms with Gasteiger partial charge in [-0.25, -0.2) is 13.2 Å². The smallest absolute Gasteiger partial charge is 0.235 e. The normalized spacial score (nSPS) is 16.3. The minimum absolute atomic E-state index is 0.169. The van der Waals surface area contributed by atoms with Crippen LogP contribution in [0.2, 0.25) is 0 Å². The molecule has 1 aliphatic rings. The molecule has 0 bridgehead atoms. The zero-order valence-corrected chi connectivity index (χ0v) is 16.0. The third-order valence-corrected chi connectivity index (χ3v) is 6.83. The Morgan fingerprint density at radius 3 is 2.44 bits per heavy atom. The van der Waals surface area contributed by atoms with E-state index in [0.717, 1.165) is 24.8 Å². The maximum absolute atomic E-state index is 13.0. The van der Waals surface area contributed by atoms with Crippen LogP contribution in [0.4, 0.5) is 0 Å². The highest BCUT2D eigenvalue weighted by atomic mass is 32.2. The topological polar surface area (TPSA) is 72.8 Å². The molecule has 0 atom stereocenters. The largest absolute Gasteiger partial charge is 0.489 e. The fraction of sp³-hybridized carbons (Fsp3) is 0.381. The average Bonchev–Trinajstić information content (AvgIpc) is 2.68. The van der Waals surface area contributed by atoms with Crippen molar-refractivity contribution in [3.8, 4) is 5.75 Å². The third-order valence-electron chi connectivity index (χ3n) is 4.94. The van der Waals surface area contributed by atoms with E-state index >= 15 is 0 Å². The number of isocyanates is 1. The van der Waals surface area contributed by atoms with Crippen molar-refractivity contribution in [2.75, 3.05) is 5.75 Å². The fourth-order valence-electron chi connectivity index (χ4n) is 3.53. The summed E-state index contributed by atoms with van der Waals surface area (Å²) < 4.78 is 31.7. The maximum atomic E-state index is 13.0. The number of nitrogens with zero attached hydrogens (tertiary/aromatic N) is 1. The molecule has 142 valence electrons. The molecule has 0 unspecified atom stereocenters. The maximum Gasteiger partial charge on any atom is 0.235 e. The summed E-state index contributed by atoms with van der Waals surface area (Å²) >= 11 is 0. The molecule has 0 radical (unpaired) electrons. The van der Waals surface area contributed by atoms with Crippen molar-refractivity contribution < 1.29 is 17.9 Å². The van der Waals surface area contributed by atoms with E-state index < -0.39 is 15.4 Å². The summed E-state index contributed by atoms with van der Waals surface area (Å²) in [6.45, 7) is 0.365. The highest BCUT2D eigenvalue weighted by molar-refractivity contribution is 7.91. The predicted octanol–water partition coefficient (Wildman–Crippen LogP) is 4.08. The number of benzene rings is 2. The lowest BCUT2D eigenvalue weighted by atomic mass is 9.84. The predicted molar refractivity (Wildman–Crippen MR) is 103 cm³/mol. The second kappa shape index (κ2) is 8.51. The first-order chi connectivity index (χ1) is 13.0. The molecule has 1 aliphatic carbocycles. The van der Waals surface area contributed by atoms with Crippen molar-refractivity contribution in [3.05, 3.63) is 60.2 Å². The van der Waals surface area contributed by atoms with Gasteiger partial charge in [-0.1, -0.05) is 55.7 Å². The zero-order valence-electron chi connectivity index (χ0n) is 15.1. The number of ether oxygens (including phenoxy) is 1. The first-order valence-electron chi connectivity index (χ1n) is 9.12. The van der Waals surface area contributed by atoms with Gasteiger partial charge >= 0.3 is 0 Å². The van der Waals surface area contributed by atoms with Gasteiger partial charge in [-0.3, -0.25) is 0 Å². The number of hydrogen-bond acceptors (Lipinski definition) is 5. The Morgan fingerprint density at radius 2 is 1.74 bits per heavy atom. The van der Waals surface area contributed by atoms with Gasteiger partial charge in [0.05, 0.1) is 16.2 Å². The van der Waals surface area contributed by atoms with E-state index in [0.29, 0.717) is 25.2 Å². The van der Waals surface area contributed by atoms with Gasteiger partial charge in [0.25, 0.3) is 0 Å². The van der Waals surface area contributed by atoms with Crippen LogP contribution in [0, 0.1) is 0 Å². The second-order valence-corrected chi connectivity index (χ2v) is 8.99. The van der Waals surface area contributed by atoms with Crippen molar-refractivity contribution in [2.24, 2.45) is 4.99 Å². The second-order valence-electron chi connectivity index (χ2n) is 7.00. The Balaban J connectivity index is 1.77. The molecule has 27 heavy (non-hydrogen) atoms. The molecule has 3 rings (SSSR count). The monoisotopic (exact) mass is 385 g/mol. The summed E-state index contributed by atoms with van der Waals surface area (Å²) in [6, 6.07) is 16.2. The van der Waals surface area contributed by atoms with E-state index in [1.807, 2.05) is 30.3 Å². The molecule has 0 saturated heterocycles. The van der Waals surface area contributed by atoms with Crippen molar-refractivity contribution in [3.63, 3.8) is 0 Å². The number of rotatable bonds is 7. The Morgan fingerprint density at radius 1 is 1.00 bits per heavy atom. The van der Waals surface area contributed by atoms with Gasteiger partial charge in [-0.05, 0) is 36.6 Å². The molecule has 0 N–H and O–H groups in total. The van der Waals surface area contributed by atoms with Crippen molar-refractivity contribution >= 4 is 15.9 Å². The number of sulfone groups is 1. The summed E-state index contributed by atoms with van der Waals surface area (Å²) in [7, 11) is -3.60. The van der Waals surface area contributed by atoms with E-state index in [9.17, 15) is 13.2 Å². The van der Waals surface area contributed by atoms with Crippen LogP contribution < -0.4 is 4.74 Å². The minimum Gasteiger partial charge on any atom is -0.489 e. The molecular formula is C21H23NO4S.